The zero-order valence-electron chi connectivity index (χ0n) is 17.1. The summed E-state index contributed by atoms with van der Waals surface area (Å²) in [5, 5.41) is 2.86. The standard InChI is InChI=1S/C21H30N2O5S/c1-20(2)16-5-8-21(20,18(24)12-16)14-29(26,27)23-9-6-15(7-10-23)19(25)22-13-17-4-3-11-28-17/h3-4,11,15-16H,5-10,12-14H2,1-2H3,(H,22,25). The smallest absolute Gasteiger partial charge is 0.223 e. The Bertz CT molecular complexity index is 884. The van der Waals surface area contributed by atoms with Gasteiger partial charge in [-0.1, -0.05) is 13.8 Å². The van der Waals surface area contributed by atoms with Gasteiger partial charge >= 0.3 is 0 Å². The predicted octanol–water partition coefficient (Wildman–Crippen LogP) is 2.33. The number of ketones is 1. The zero-order valence-corrected chi connectivity index (χ0v) is 18.0. The highest BCUT2D eigenvalue weighted by atomic mass is 32.2. The van der Waals surface area contributed by atoms with Crippen LogP contribution in [0.25, 0.3) is 0 Å². The minimum atomic E-state index is -3.55. The first-order valence-corrected chi connectivity index (χ1v) is 12.1. The van der Waals surface area contributed by atoms with Crippen LogP contribution in [-0.4, -0.2) is 43.3 Å². The number of carbonyl (C=O) groups is 2. The van der Waals surface area contributed by atoms with Gasteiger partial charge in [-0.3, -0.25) is 9.59 Å². The molecule has 2 aliphatic carbocycles. The van der Waals surface area contributed by atoms with E-state index in [-0.39, 0.29) is 28.8 Å². The van der Waals surface area contributed by atoms with Crippen LogP contribution in [-0.2, 0) is 26.2 Å². The molecule has 0 radical (unpaired) electrons. The first-order chi connectivity index (χ1) is 13.7. The van der Waals surface area contributed by atoms with Crippen molar-refractivity contribution >= 4 is 21.7 Å². The highest BCUT2D eigenvalue weighted by Crippen LogP contribution is 2.64. The Morgan fingerprint density at radius 1 is 1.28 bits per heavy atom. The number of piperidine rings is 1. The molecule has 160 valence electrons. The molecule has 2 heterocycles. The molecule has 8 heteroatoms. The second-order valence-corrected chi connectivity index (χ2v) is 11.4. The summed E-state index contributed by atoms with van der Waals surface area (Å²) in [6.45, 7) is 5.11. The maximum absolute atomic E-state index is 13.2. The molecule has 0 spiro atoms. The fraction of sp³-hybridized carbons (Fsp3) is 0.714. The van der Waals surface area contributed by atoms with E-state index in [9.17, 15) is 18.0 Å². The minimum Gasteiger partial charge on any atom is -0.467 e. The number of fused-ring (bicyclic) bond motifs is 2. The zero-order chi connectivity index (χ0) is 20.9. The van der Waals surface area contributed by atoms with Gasteiger partial charge in [0.05, 0.1) is 18.6 Å². The molecule has 0 aromatic carbocycles. The van der Waals surface area contributed by atoms with Crippen LogP contribution < -0.4 is 5.32 Å². The van der Waals surface area contributed by atoms with Gasteiger partial charge in [-0.2, -0.15) is 0 Å². The summed E-state index contributed by atoms with van der Waals surface area (Å²) < 4.78 is 33.1. The van der Waals surface area contributed by atoms with Gasteiger partial charge in [0.1, 0.15) is 11.5 Å². The number of rotatable bonds is 6. The lowest BCUT2D eigenvalue weighted by atomic mass is 9.70. The molecule has 3 aliphatic rings. The van der Waals surface area contributed by atoms with Crippen LogP contribution in [0.5, 0.6) is 0 Å². The van der Waals surface area contributed by atoms with Crippen molar-refractivity contribution in [3.05, 3.63) is 24.2 Å². The molecule has 1 amide bonds. The van der Waals surface area contributed by atoms with E-state index in [0.717, 1.165) is 6.42 Å². The first kappa shape index (κ1) is 20.6. The van der Waals surface area contributed by atoms with Crippen molar-refractivity contribution < 1.29 is 22.4 Å². The molecule has 2 bridgehead atoms. The van der Waals surface area contributed by atoms with E-state index in [1.54, 1.807) is 18.4 Å². The van der Waals surface area contributed by atoms with E-state index < -0.39 is 15.4 Å². The lowest BCUT2D eigenvalue weighted by molar-refractivity contribution is -0.128. The first-order valence-electron chi connectivity index (χ1n) is 10.5. The van der Waals surface area contributed by atoms with Gasteiger partial charge < -0.3 is 9.73 Å². The third-order valence-electron chi connectivity index (χ3n) is 7.80. The molecule has 2 unspecified atom stereocenters. The van der Waals surface area contributed by atoms with Gasteiger partial charge in [0.15, 0.2) is 0 Å². The average Bonchev–Trinajstić information content (AvgIpc) is 3.32. The molecule has 4 rings (SSSR count). The van der Waals surface area contributed by atoms with Gasteiger partial charge in [-0.05, 0) is 49.1 Å². The molecule has 29 heavy (non-hydrogen) atoms. The van der Waals surface area contributed by atoms with Crippen LogP contribution >= 0.6 is 0 Å². The van der Waals surface area contributed by atoms with Crippen LogP contribution in [0.1, 0.15) is 51.7 Å². The quantitative estimate of drug-likeness (QED) is 0.759. The van der Waals surface area contributed by atoms with Crippen molar-refractivity contribution in [3.63, 3.8) is 0 Å². The summed E-state index contributed by atoms with van der Waals surface area (Å²) in [4.78, 5) is 25.1. The number of furan rings is 1. The summed E-state index contributed by atoms with van der Waals surface area (Å²) in [5.74, 6) is 0.759. The van der Waals surface area contributed by atoms with E-state index in [0.29, 0.717) is 57.0 Å². The molecule has 3 fully saturated rings. The van der Waals surface area contributed by atoms with E-state index in [4.69, 9.17) is 4.42 Å². The normalized spacial score (nSPS) is 30.0. The average molecular weight is 423 g/mol. The van der Waals surface area contributed by atoms with E-state index >= 15 is 0 Å². The van der Waals surface area contributed by atoms with E-state index in [2.05, 4.69) is 19.2 Å². The van der Waals surface area contributed by atoms with Crippen molar-refractivity contribution in [1.82, 2.24) is 9.62 Å². The van der Waals surface area contributed by atoms with Gasteiger partial charge in [0.25, 0.3) is 0 Å². The Balaban J connectivity index is 1.35. The Labute approximate surface area is 172 Å². The fourth-order valence-electron chi connectivity index (χ4n) is 5.64. The number of amides is 1. The van der Waals surface area contributed by atoms with Crippen LogP contribution in [0.2, 0.25) is 0 Å². The lowest BCUT2D eigenvalue weighted by Gasteiger charge is -2.39. The predicted molar refractivity (Wildman–Crippen MR) is 107 cm³/mol. The summed E-state index contributed by atoms with van der Waals surface area (Å²) >= 11 is 0. The molecular weight excluding hydrogens is 392 g/mol. The second kappa shape index (κ2) is 7.23. The van der Waals surface area contributed by atoms with E-state index in [1.165, 1.54) is 4.31 Å². The van der Waals surface area contributed by atoms with Crippen LogP contribution in [0.15, 0.2) is 22.8 Å². The van der Waals surface area contributed by atoms with Crippen molar-refractivity contribution in [1.29, 1.82) is 0 Å². The number of hydrogen-bond acceptors (Lipinski definition) is 5. The van der Waals surface area contributed by atoms with Gasteiger partial charge in [0.2, 0.25) is 15.9 Å². The highest BCUT2D eigenvalue weighted by Gasteiger charge is 2.65. The molecule has 2 saturated carbocycles. The van der Waals surface area contributed by atoms with Crippen molar-refractivity contribution in [2.75, 3.05) is 18.8 Å². The Hall–Kier alpha value is -1.67. The fourth-order valence-corrected chi connectivity index (χ4v) is 7.89. The summed E-state index contributed by atoms with van der Waals surface area (Å²) in [7, 11) is -3.55. The molecule has 1 aromatic rings. The van der Waals surface area contributed by atoms with Crippen LogP contribution in [0.4, 0.5) is 0 Å². The molecule has 1 saturated heterocycles. The minimum absolute atomic E-state index is 0.0669. The maximum atomic E-state index is 13.2. The Morgan fingerprint density at radius 3 is 2.55 bits per heavy atom. The lowest BCUT2D eigenvalue weighted by Crippen LogP contribution is -2.49. The third-order valence-corrected chi connectivity index (χ3v) is 9.81. The molecule has 2 atom stereocenters. The molecule has 1 aromatic heterocycles. The molecular formula is C21H30N2O5S. The third kappa shape index (κ3) is 3.44. The van der Waals surface area contributed by atoms with E-state index in [1.807, 2.05) is 0 Å². The summed E-state index contributed by atoms with van der Waals surface area (Å²) in [6, 6.07) is 3.57. The largest absolute Gasteiger partial charge is 0.467 e. The number of nitrogens with one attached hydrogen (secondary N) is 1. The second-order valence-electron chi connectivity index (χ2n) is 9.39. The number of sulfonamides is 1. The Morgan fingerprint density at radius 2 is 2.00 bits per heavy atom. The number of carbonyl (C=O) groups excluding carboxylic acids is 2. The monoisotopic (exact) mass is 422 g/mol. The SMILES string of the molecule is CC1(C)C2CCC1(CS(=O)(=O)N1CCC(C(=O)NCc3ccco3)CC1)C(=O)C2. The summed E-state index contributed by atoms with van der Waals surface area (Å²) in [6.07, 6.45) is 4.68. The molecule has 7 nitrogen and oxygen atoms in total. The molecule has 1 aliphatic heterocycles. The summed E-state index contributed by atoms with van der Waals surface area (Å²) in [5.41, 5.74) is -1.00. The van der Waals surface area contributed by atoms with Gasteiger partial charge in [-0.15, -0.1) is 0 Å². The van der Waals surface area contributed by atoms with Crippen LogP contribution in [0.3, 0.4) is 0 Å². The highest BCUT2D eigenvalue weighted by molar-refractivity contribution is 7.89. The van der Waals surface area contributed by atoms with Gasteiger partial charge in [-0.25, -0.2) is 12.7 Å². The number of nitrogens with zero attached hydrogens (tertiary/aromatic N) is 1. The van der Waals surface area contributed by atoms with Crippen LogP contribution in [0, 0.1) is 22.7 Å². The van der Waals surface area contributed by atoms with Crippen molar-refractivity contribution in [3.8, 4) is 0 Å². The topological polar surface area (TPSA) is 96.7 Å². The maximum Gasteiger partial charge on any atom is 0.223 e. The van der Waals surface area contributed by atoms with Gasteiger partial charge in [0, 0.05) is 30.8 Å². The Kier molecular flexibility index (Phi) is 5.14. The molecule has 1 N–H and O–H groups in total. The number of hydrogen-bond donors (Lipinski definition) is 1. The number of Topliss-reactive ketones (excluding diaryl/α,β-unsaturated/α-hetero) is 1. The van der Waals surface area contributed by atoms with Crippen molar-refractivity contribution in [2.24, 2.45) is 22.7 Å². The van der Waals surface area contributed by atoms with Crippen molar-refractivity contribution in [2.45, 2.75) is 52.5 Å².